The van der Waals surface area contributed by atoms with E-state index in [1.807, 2.05) is 24.3 Å². The SMILES string of the molecule is COc1cccc(OCC2CCCN(c3nnc(C(C)(C)C)o3)C2)c1. The number of aromatic nitrogens is 2. The number of ether oxygens (including phenoxy) is 2. The first-order valence-electron chi connectivity index (χ1n) is 8.81. The van der Waals surface area contributed by atoms with Gasteiger partial charge in [-0.05, 0) is 25.0 Å². The second-order valence-corrected chi connectivity index (χ2v) is 7.58. The zero-order chi connectivity index (χ0) is 17.9. The highest BCUT2D eigenvalue weighted by atomic mass is 16.5. The fourth-order valence-electron chi connectivity index (χ4n) is 2.93. The number of methoxy groups -OCH3 is 1. The van der Waals surface area contributed by atoms with Crippen molar-refractivity contribution in [1.29, 1.82) is 0 Å². The van der Waals surface area contributed by atoms with Crippen molar-refractivity contribution >= 4 is 6.01 Å². The predicted octanol–water partition coefficient (Wildman–Crippen LogP) is 3.67. The minimum absolute atomic E-state index is 0.129. The topological polar surface area (TPSA) is 60.6 Å². The molecule has 6 heteroatoms. The Morgan fingerprint density at radius 3 is 2.76 bits per heavy atom. The van der Waals surface area contributed by atoms with Gasteiger partial charge in [-0.3, -0.25) is 0 Å². The average Bonchev–Trinajstić information content (AvgIpc) is 3.11. The molecule has 1 aliphatic heterocycles. The van der Waals surface area contributed by atoms with Crippen molar-refractivity contribution in [1.82, 2.24) is 10.2 Å². The van der Waals surface area contributed by atoms with E-state index in [0.717, 1.165) is 37.4 Å². The van der Waals surface area contributed by atoms with Crippen LogP contribution in [0.3, 0.4) is 0 Å². The van der Waals surface area contributed by atoms with Crippen LogP contribution in [-0.4, -0.2) is 37.0 Å². The van der Waals surface area contributed by atoms with Gasteiger partial charge in [-0.15, -0.1) is 5.10 Å². The van der Waals surface area contributed by atoms with E-state index in [9.17, 15) is 0 Å². The Kier molecular flexibility index (Phi) is 5.16. The first kappa shape index (κ1) is 17.6. The van der Waals surface area contributed by atoms with E-state index in [2.05, 4.69) is 35.9 Å². The summed E-state index contributed by atoms with van der Waals surface area (Å²) in [5.41, 5.74) is -0.129. The Morgan fingerprint density at radius 1 is 1.24 bits per heavy atom. The molecule has 0 bridgehead atoms. The second kappa shape index (κ2) is 7.33. The first-order valence-corrected chi connectivity index (χ1v) is 8.81. The smallest absolute Gasteiger partial charge is 0.318 e. The highest BCUT2D eigenvalue weighted by molar-refractivity contribution is 5.33. The van der Waals surface area contributed by atoms with E-state index in [1.54, 1.807) is 7.11 Å². The summed E-state index contributed by atoms with van der Waals surface area (Å²) in [6.07, 6.45) is 2.24. The van der Waals surface area contributed by atoms with Gasteiger partial charge in [0.05, 0.1) is 13.7 Å². The Labute approximate surface area is 149 Å². The lowest BCUT2D eigenvalue weighted by Gasteiger charge is -2.31. The van der Waals surface area contributed by atoms with Crippen molar-refractivity contribution < 1.29 is 13.9 Å². The van der Waals surface area contributed by atoms with Crippen molar-refractivity contribution in [3.63, 3.8) is 0 Å². The molecule has 1 aliphatic rings. The van der Waals surface area contributed by atoms with Crippen molar-refractivity contribution in [3.8, 4) is 11.5 Å². The Balaban J connectivity index is 1.58. The number of rotatable bonds is 5. The first-order chi connectivity index (χ1) is 12.0. The quantitative estimate of drug-likeness (QED) is 0.824. The lowest BCUT2D eigenvalue weighted by Crippen LogP contribution is -2.38. The van der Waals surface area contributed by atoms with Crippen LogP contribution < -0.4 is 14.4 Å². The molecule has 0 amide bonds. The summed E-state index contributed by atoms with van der Waals surface area (Å²) in [5, 5.41) is 8.43. The maximum absolute atomic E-state index is 5.96. The second-order valence-electron chi connectivity index (χ2n) is 7.58. The number of piperidine rings is 1. The molecule has 1 saturated heterocycles. The van der Waals surface area contributed by atoms with Crippen LogP contribution in [0.2, 0.25) is 0 Å². The van der Waals surface area contributed by atoms with Crippen LogP contribution in [0.5, 0.6) is 11.5 Å². The highest BCUT2D eigenvalue weighted by Crippen LogP contribution is 2.27. The van der Waals surface area contributed by atoms with Crippen LogP contribution in [0.25, 0.3) is 0 Å². The van der Waals surface area contributed by atoms with Crippen molar-refractivity contribution in [3.05, 3.63) is 30.2 Å². The lowest BCUT2D eigenvalue weighted by molar-refractivity contribution is 0.225. The molecule has 0 radical (unpaired) electrons. The van der Waals surface area contributed by atoms with Crippen molar-refractivity contribution in [2.45, 2.75) is 39.0 Å². The summed E-state index contributed by atoms with van der Waals surface area (Å²) in [6, 6.07) is 8.34. The minimum atomic E-state index is -0.129. The third-order valence-corrected chi connectivity index (χ3v) is 4.37. The maximum atomic E-state index is 5.96. The van der Waals surface area contributed by atoms with E-state index >= 15 is 0 Å². The molecule has 0 N–H and O–H groups in total. The summed E-state index contributed by atoms with van der Waals surface area (Å²) in [7, 11) is 1.66. The van der Waals surface area contributed by atoms with Gasteiger partial charge >= 0.3 is 6.01 Å². The van der Waals surface area contributed by atoms with Gasteiger partial charge in [0.1, 0.15) is 11.5 Å². The fourth-order valence-corrected chi connectivity index (χ4v) is 2.93. The average molecular weight is 345 g/mol. The number of anilines is 1. The van der Waals surface area contributed by atoms with E-state index in [1.165, 1.54) is 0 Å². The maximum Gasteiger partial charge on any atom is 0.318 e. The molecule has 0 saturated carbocycles. The Bertz CT molecular complexity index is 693. The Hall–Kier alpha value is -2.24. The van der Waals surface area contributed by atoms with E-state index < -0.39 is 0 Å². The molecule has 2 heterocycles. The Morgan fingerprint density at radius 2 is 2.04 bits per heavy atom. The molecular weight excluding hydrogens is 318 g/mol. The molecule has 3 rings (SSSR count). The van der Waals surface area contributed by atoms with E-state index in [-0.39, 0.29) is 5.41 Å². The van der Waals surface area contributed by atoms with Crippen LogP contribution in [0, 0.1) is 5.92 Å². The van der Waals surface area contributed by atoms with Gasteiger partial charge in [-0.25, -0.2) is 0 Å². The summed E-state index contributed by atoms with van der Waals surface area (Å²) < 4.78 is 17.1. The molecule has 6 nitrogen and oxygen atoms in total. The molecule has 0 spiro atoms. The van der Waals surface area contributed by atoms with Crippen LogP contribution in [0.4, 0.5) is 6.01 Å². The van der Waals surface area contributed by atoms with Crippen molar-refractivity contribution in [2.75, 3.05) is 31.7 Å². The van der Waals surface area contributed by atoms with Gasteiger partial charge in [-0.2, -0.15) is 0 Å². The summed E-state index contributed by atoms with van der Waals surface area (Å²) in [5.74, 6) is 2.76. The van der Waals surface area contributed by atoms with Crippen molar-refractivity contribution in [2.24, 2.45) is 5.92 Å². The monoisotopic (exact) mass is 345 g/mol. The van der Waals surface area contributed by atoms with Gasteiger partial charge in [0.25, 0.3) is 0 Å². The third-order valence-electron chi connectivity index (χ3n) is 4.37. The lowest BCUT2D eigenvalue weighted by atomic mass is 9.97. The zero-order valence-corrected chi connectivity index (χ0v) is 15.5. The highest BCUT2D eigenvalue weighted by Gasteiger charge is 2.27. The molecule has 1 unspecified atom stereocenters. The molecule has 1 aromatic heterocycles. The van der Waals surface area contributed by atoms with Crippen LogP contribution in [0.1, 0.15) is 39.5 Å². The van der Waals surface area contributed by atoms with Gasteiger partial charge in [0.2, 0.25) is 5.89 Å². The molecule has 0 aliphatic carbocycles. The van der Waals surface area contributed by atoms with E-state index in [4.69, 9.17) is 13.9 Å². The third kappa shape index (κ3) is 4.44. The van der Waals surface area contributed by atoms with E-state index in [0.29, 0.717) is 24.4 Å². The number of benzene rings is 1. The number of hydrogen-bond donors (Lipinski definition) is 0. The molecule has 25 heavy (non-hydrogen) atoms. The predicted molar refractivity (Wildman–Crippen MR) is 96.4 cm³/mol. The number of hydrogen-bond acceptors (Lipinski definition) is 6. The molecule has 1 fully saturated rings. The van der Waals surface area contributed by atoms with Crippen LogP contribution in [-0.2, 0) is 5.41 Å². The van der Waals surface area contributed by atoms with Crippen LogP contribution in [0.15, 0.2) is 28.7 Å². The standard InChI is InChI=1S/C19H27N3O3/c1-19(2,3)17-20-21-18(25-17)22-10-6-7-14(12-22)13-24-16-9-5-8-15(11-16)23-4/h5,8-9,11,14H,6-7,10,12-13H2,1-4H3. The van der Waals surface area contributed by atoms with Gasteiger partial charge in [-0.1, -0.05) is 31.9 Å². The normalized spacial score (nSPS) is 18.2. The molecule has 1 atom stereocenters. The number of nitrogens with zero attached hydrogens (tertiary/aromatic N) is 3. The zero-order valence-electron chi connectivity index (χ0n) is 15.5. The summed E-state index contributed by atoms with van der Waals surface area (Å²) >= 11 is 0. The minimum Gasteiger partial charge on any atom is -0.497 e. The van der Waals surface area contributed by atoms with Gasteiger partial charge < -0.3 is 18.8 Å². The molecular formula is C19H27N3O3. The van der Waals surface area contributed by atoms with Gasteiger partial charge in [0, 0.05) is 30.5 Å². The summed E-state index contributed by atoms with van der Waals surface area (Å²) in [4.78, 5) is 2.17. The fraction of sp³-hybridized carbons (Fsp3) is 0.579. The summed E-state index contributed by atoms with van der Waals surface area (Å²) in [6.45, 7) is 8.71. The molecule has 136 valence electrons. The van der Waals surface area contributed by atoms with Crippen LogP contribution >= 0.6 is 0 Å². The van der Waals surface area contributed by atoms with Gasteiger partial charge in [0.15, 0.2) is 0 Å². The molecule has 2 aromatic rings. The molecule has 1 aromatic carbocycles. The largest absolute Gasteiger partial charge is 0.497 e.